The highest BCUT2D eigenvalue weighted by Gasteiger charge is 2.20. The lowest BCUT2D eigenvalue weighted by atomic mass is 10.1. The number of amides is 2. The second kappa shape index (κ2) is 6.29. The highest BCUT2D eigenvalue weighted by molar-refractivity contribution is 5.90. The Morgan fingerprint density at radius 2 is 2.08 bits per heavy atom. The van der Waals surface area contributed by atoms with Gasteiger partial charge in [-0.05, 0) is 24.6 Å². The maximum absolute atomic E-state index is 14.4. The van der Waals surface area contributed by atoms with Gasteiger partial charge in [0.1, 0.15) is 5.82 Å². The molecule has 2 aromatic heterocycles. The van der Waals surface area contributed by atoms with Crippen molar-refractivity contribution >= 4 is 23.2 Å². The van der Waals surface area contributed by atoms with Crippen LogP contribution in [0.4, 0.5) is 20.6 Å². The van der Waals surface area contributed by atoms with Crippen molar-refractivity contribution in [3.63, 3.8) is 0 Å². The summed E-state index contributed by atoms with van der Waals surface area (Å²) in [6.45, 7) is 1.51. The van der Waals surface area contributed by atoms with Crippen molar-refractivity contribution in [2.75, 3.05) is 37.4 Å². The van der Waals surface area contributed by atoms with Gasteiger partial charge in [0.15, 0.2) is 0 Å². The minimum absolute atomic E-state index is 0.166. The largest absolute Gasteiger partial charge is 0.375 e. The highest BCUT2D eigenvalue weighted by atomic mass is 19.1. The van der Waals surface area contributed by atoms with Crippen LogP contribution in [-0.4, -0.2) is 52.5 Å². The lowest BCUT2D eigenvalue weighted by molar-refractivity contribution is 0.181. The van der Waals surface area contributed by atoms with E-state index >= 15 is 0 Å². The quantitative estimate of drug-likeness (QED) is 0.785. The molecule has 3 heterocycles. The molecule has 1 fully saturated rings. The van der Waals surface area contributed by atoms with Gasteiger partial charge in [-0.15, -0.1) is 0 Å². The standard InChI is InChI=1S/C18H19FN6O/c1-23(2)13-9-20-17-22-16(11-25(17)10-13)14-8-12(4-5-15(14)19)21-18(26)24-6-3-7-24/h4-5,8-11H,3,6-7H2,1-2H3,(H,21,26). The summed E-state index contributed by atoms with van der Waals surface area (Å²) >= 11 is 0. The van der Waals surface area contributed by atoms with Gasteiger partial charge < -0.3 is 15.1 Å². The SMILES string of the molecule is CN(C)c1cnc2nc(-c3cc(NC(=O)N4CCC4)ccc3F)cn2c1. The molecule has 1 aromatic carbocycles. The van der Waals surface area contributed by atoms with Crippen LogP contribution in [0, 0.1) is 5.82 Å². The molecule has 26 heavy (non-hydrogen) atoms. The molecule has 0 atom stereocenters. The third-order valence-electron chi connectivity index (χ3n) is 4.45. The average Bonchev–Trinajstić information content (AvgIpc) is 2.97. The third kappa shape index (κ3) is 2.94. The van der Waals surface area contributed by atoms with E-state index in [1.807, 2.05) is 25.2 Å². The van der Waals surface area contributed by atoms with Gasteiger partial charge in [0, 0.05) is 50.8 Å². The summed E-state index contributed by atoms with van der Waals surface area (Å²) in [5.74, 6) is 0.0863. The number of carbonyl (C=O) groups is 1. The summed E-state index contributed by atoms with van der Waals surface area (Å²) in [6.07, 6.45) is 6.35. The van der Waals surface area contributed by atoms with E-state index in [1.54, 1.807) is 33.8 Å². The van der Waals surface area contributed by atoms with Crippen LogP contribution in [0.5, 0.6) is 0 Å². The van der Waals surface area contributed by atoms with Crippen molar-refractivity contribution in [2.45, 2.75) is 6.42 Å². The monoisotopic (exact) mass is 354 g/mol. The molecule has 1 saturated heterocycles. The Hall–Kier alpha value is -3.16. The first-order valence-electron chi connectivity index (χ1n) is 8.39. The maximum atomic E-state index is 14.4. The number of nitrogens with one attached hydrogen (secondary N) is 1. The number of anilines is 2. The van der Waals surface area contributed by atoms with Crippen molar-refractivity contribution in [3.05, 3.63) is 42.6 Å². The zero-order chi connectivity index (χ0) is 18.3. The number of imidazole rings is 1. The van der Waals surface area contributed by atoms with E-state index in [1.165, 1.54) is 6.07 Å². The number of urea groups is 1. The molecule has 3 aromatic rings. The predicted octanol–water partition coefficient (Wildman–Crippen LogP) is 2.84. The summed E-state index contributed by atoms with van der Waals surface area (Å²) in [5, 5.41) is 2.80. The number of nitrogens with zero attached hydrogens (tertiary/aromatic N) is 5. The molecule has 0 radical (unpaired) electrons. The number of fused-ring (bicyclic) bond motifs is 1. The second-order valence-electron chi connectivity index (χ2n) is 6.51. The zero-order valence-electron chi connectivity index (χ0n) is 14.6. The fourth-order valence-corrected chi connectivity index (χ4v) is 2.76. The molecule has 0 bridgehead atoms. The smallest absolute Gasteiger partial charge is 0.321 e. The molecule has 1 N–H and O–H groups in total. The number of hydrogen-bond acceptors (Lipinski definition) is 4. The highest BCUT2D eigenvalue weighted by Crippen LogP contribution is 2.26. The maximum Gasteiger partial charge on any atom is 0.321 e. The van der Waals surface area contributed by atoms with Crippen molar-refractivity contribution in [3.8, 4) is 11.3 Å². The molecule has 0 aliphatic carbocycles. The van der Waals surface area contributed by atoms with Crippen LogP contribution in [0.1, 0.15) is 6.42 Å². The van der Waals surface area contributed by atoms with E-state index in [4.69, 9.17) is 0 Å². The Morgan fingerprint density at radius 3 is 2.77 bits per heavy atom. The molecule has 1 aliphatic heterocycles. The number of rotatable bonds is 3. The van der Waals surface area contributed by atoms with Crippen LogP contribution < -0.4 is 10.2 Å². The normalized spacial score (nSPS) is 13.6. The van der Waals surface area contributed by atoms with E-state index in [-0.39, 0.29) is 6.03 Å². The zero-order valence-corrected chi connectivity index (χ0v) is 14.6. The first kappa shape index (κ1) is 16.3. The van der Waals surface area contributed by atoms with E-state index in [0.717, 1.165) is 25.2 Å². The topological polar surface area (TPSA) is 65.8 Å². The molecule has 8 heteroatoms. The third-order valence-corrected chi connectivity index (χ3v) is 4.45. The summed E-state index contributed by atoms with van der Waals surface area (Å²) in [4.78, 5) is 24.4. The van der Waals surface area contributed by atoms with Crippen LogP contribution in [0.3, 0.4) is 0 Å². The summed E-state index contributed by atoms with van der Waals surface area (Å²) < 4.78 is 16.1. The first-order chi connectivity index (χ1) is 12.5. The number of halogens is 1. The average molecular weight is 354 g/mol. The van der Waals surface area contributed by atoms with Gasteiger partial charge in [-0.2, -0.15) is 0 Å². The number of hydrogen-bond donors (Lipinski definition) is 1. The Morgan fingerprint density at radius 1 is 1.27 bits per heavy atom. The molecule has 2 amide bonds. The molecule has 0 unspecified atom stereocenters. The van der Waals surface area contributed by atoms with E-state index < -0.39 is 5.82 Å². The van der Waals surface area contributed by atoms with Gasteiger partial charge in [-0.1, -0.05) is 0 Å². The van der Waals surface area contributed by atoms with Gasteiger partial charge >= 0.3 is 6.03 Å². The number of carbonyl (C=O) groups excluding carboxylic acids is 1. The second-order valence-corrected chi connectivity index (χ2v) is 6.51. The van der Waals surface area contributed by atoms with Gasteiger partial charge in [-0.25, -0.2) is 19.2 Å². The van der Waals surface area contributed by atoms with Crippen LogP contribution in [-0.2, 0) is 0 Å². The number of likely N-dealkylation sites (tertiary alicyclic amines) is 1. The molecule has 0 saturated carbocycles. The Kier molecular flexibility index (Phi) is 3.95. The molecular formula is C18H19FN6O. The molecule has 1 aliphatic rings. The molecule has 134 valence electrons. The van der Waals surface area contributed by atoms with Crippen molar-refractivity contribution in [2.24, 2.45) is 0 Å². The fraction of sp³-hybridized carbons (Fsp3) is 0.278. The molecule has 0 spiro atoms. The lowest BCUT2D eigenvalue weighted by Gasteiger charge is -2.30. The summed E-state index contributed by atoms with van der Waals surface area (Å²) in [6, 6.07) is 4.32. The summed E-state index contributed by atoms with van der Waals surface area (Å²) in [5.41, 5.74) is 2.24. The first-order valence-corrected chi connectivity index (χ1v) is 8.39. The lowest BCUT2D eigenvalue weighted by Crippen LogP contribution is -2.44. The van der Waals surface area contributed by atoms with Crippen molar-refractivity contribution < 1.29 is 9.18 Å². The minimum Gasteiger partial charge on any atom is -0.375 e. The molecule has 7 nitrogen and oxygen atoms in total. The van der Waals surface area contributed by atoms with E-state index in [9.17, 15) is 9.18 Å². The Balaban J connectivity index is 1.66. The van der Waals surface area contributed by atoms with Crippen molar-refractivity contribution in [1.29, 1.82) is 0 Å². The fourth-order valence-electron chi connectivity index (χ4n) is 2.76. The minimum atomic E-state index is -0.400. The number of aromatic nitrogens is 3. The van der Waals surface area contributed by atoms with E-state index in [2.05, 4.69) is 15.3 Å². The van der Waals surface area contributed by atoms with Crippen LogP contribution in [0.25, 0.3) is 17.0 Å². The van der Waals surface area contributed by atoms with Gasteiger partial charge in [0.25, 0.3) is 0 Å². The van der Waals surface area contributed by atoms with Gasteiger partial charge in [0.05, 0.1) is 17.6 Å². The predicted molar refractivity (Wildman–Crippen MR) is 97.9 cm³/mol. The van der Waals surface area contributed by atoms with Crippen LogP contribution in [0.15, 0.2) is 36.8 Å². The van der Waals surface area contributed by atoms with Crippen molar-refractivity contribution in [1.82, 2.24) is 19.3 Å². The summed E-state index contributed by atoms with van der Waals surface area (Å²) in [7, 11) is 3.84. The molecule has 4 rings (SSSR count). The van der Waals surface area contributed by atoms with Crippen LogP contribution in [0.2, 0.25) is 0 Å². The van der Waals surface area contributed by atoms with Gasteiger partial charge in [0.2, 0.25) is 5.78 Å². The number of benzene rings is 1. The van der Waals surface area contributed by atoms with Crippen LogP contribution >= 0.6 is 0 Å². The van der Waals surface area contributed by atoms with E-state index in [0.29, 0.717) is 22.7 Å². The van der Waals surface area contributed by atoms with Gasteiger partial charge in [-0.3, -0.25) is 4.40 Å². The Labute approximate surface area is 150 Å². The molecular weight excluding hydrogens is 335 g/mol. The Bertz CT molecular complexity index is 979.